The van der Waals surface area contributed by atoms with Crippen molar-refractivity contribution in [1.29, 1.82) is 0 Å². The molecule has 8 heteroatoms. The number of halogens is 2. The molecule has 0 aliphatic carbocycles. The first kappa shape index (κ1) is 20.7. The molecule has 0 aromatic carbocycles. The standard InChI is InChI=1S/C16H23N5O.2ClH/c22-16(18-5-3-8-20-10-6-17-7-11-20)12-14-13-21-9-2-1-4-15(21)19-14;;/h1-2,4,9,13,17H,3,5-8,10-12H2,(H,18,22);2*1H. The topological polar surface area (TPSA) is 61.7 Å². The number of nitrogens with zero attached hydrogens (tertiary/aromatic N) is 3. The molecule has 2 N–H and O–H groups in total. The Hall–Kier alpha value is -1.34. The average molecular weight is 374 g/mol. The molecule has 3 heterocycles. The maximum atomic E-state index is 12.0. The van der Waals surface area contributed by atoms with E-state index in [4.69, 9.17) is 0 Å². The van der Waals surface area contributed by atoms with Gasteiger partial charge >= 0.3 is 0 Å². The predicted molar refractivity (Wildman–Crippen MR) is 100 cm³/mol. The zero-order valence-corrected chi connectivity index (χ0v) is 15.2. The highest BCUT2D eigenvalue weighted by Gasteiger charge is 2.10. The largest absolute Gasteiger partial charge is 0.356 e. The second-order valence-corrected chi connectivity index (χ2v) is 5.67. The smallest absolute Gasteiger partial charge is 0.226 e. The van der Waals surface area contributed by atoms with Crippen molar-refractivity contribution in [2.75, 3.05) is 39.3 Å². The van der Waals surface area contributed by atoms with E-state index in [-0.39, 0.29) is 30.7 Å². The highest BCUT2D eigenvalue weighted by Crippen LogP contribution is 2.05. The molecular formula is C16H25Cl2N5O. The molecule has 2 aromatic heterocycles. The zero-order chi connectivity index (χ0) is 15.2. The Morgan fingerprint density at radius 2 is 2.04 bits per heavy atom. The molecule has 0 unspecified atom stereocenters. The van der Waals surface area contributed by atoms with Gasteiger partial charge in [0.25, 0.3) is 0 Å². The van der Waals surface area contributed by atoms with E-state index in [0.29, 0.717) is 6.42 Å². The first-order chi connectivity index (χ1) is 10.8. The SMILES string of the molecule is Cl.Cl.O=C(Cc1cn2ccccc2n1)NCCCN1CCNCC1. The Morgan fingerprint density at radius 3 is 2.79 bits per heavy atom. The fourth-order valence-corrected chi connectivity index (χ4v) is 2.76. The molecule has 0 saturated carbocycles. The highest BCUT2D eigenvalue weighted by atomic mass is 35.5. The fraction of sp³-hybridized carbons (Fsp3) is 0.500. The van der Waals surface area contributed by atoms with Gasteiger partial charge in [-0.2, -0.15) is 0 Å². The van der Waals surface area contributed by atoms with E-state index < -0.39 is 0 Å². The van der Waals surface area contributed by atoms with Crippen LogP contribution in [0.2, 0.25) is 0 Å². The van der Waals surface area contributed by atoms with E-state index in [1.165, 1.54) is 0 Å². The monoisotopic (exact) mass is 373 g/mol. The molecule has 6 nitrogen and oxygen atoms in total. The van der Waals surface area contributed by atoms with Crippen molar-refractivity contribution in [3.63, 3.8) is 0 Å². The van der Waals surface area contributed by atoms with Gasteiger partial charge in [0.1, 0.15) is 5.65 Å². The van der Waals surface area contributed by atoms with Gasteiger partial charge in [0.05, 0.1) is 12.1 Å². The van der Waals surface area contributed by atoms with Crippen LogP contribution in [0.25, 0.3) is 5.65 Å². The number of imidazole rings is 1. The van der Waals surface area contributed by atoms with Gasteiger partial charge < -0.3 is 19.9 Å². The Labute approximate surface area is 154 Å². The Bertz CT molecular complexity index is 595. The quantitative estimate of drug-likeness (QED) is 0.745. The summed E-state index contributed by atoms with van der Waals surface area (Å²) in [4.78, 5) is 18.8. The lowest BCUT2D eigenvalue weighted by Gasteiger charge is -2.27. The van der Waals surface area contributed by atoms with Crippen LogP contribution < -0.4 is 10.6 Å². The normalized spacial score (nSPS) is 14.7. The number of hydrogen-bond acceptors (Lipinski definition) is 4. The number of nitrogens with one attached hydrogen (secondary N) is 2. The summed E-state index contributed by atoms with van der Waals surface area (Å²) in [6.45, 7) is 6.14. The molecule has 0 radical (unpaired) electrons. The molecule has 0 bridgehead atoms. The molecule has 1 amide bonds. The van der Waals surface area contributed by atoms with E-state index in [1.807, 2.05) is 35.0 Å². The number of fused-ring (bicyclic) bond motifs is 1. The van der Waals surface area contributed by atoms with Crippen LogP contribution in [0.5, 0.6) is 0 Å². The van der Waals surface area contributed by atoms with E-state index in [1.54, 1.807) is 0 Å². The molecule has 24 heavy (non-hydrogen) atoms. The lowest BCUT2D eigenvalue weighted by Crippen LogP contribution is -2.44. The summed E-state index contributed by atoms with van der Waals surface area (Å²) in [7, 11) is 0. The van der Waals surface area contributed by atoms with Gasteiger partial charge in [0.2, 0.25) is 5.91 Å². The van der Waals surface area contributed by atoms with Crippen molar-refractivity contribution >= 4 is 36.4 Å². The Balaban J connectivity index is 0.00000144. The number of aromatic nitrogens is 2. The third kappa shape index (κ3) is 5.94. The number of hydrogen-bond donors (Lipinski definition) is 2. The number of carbonyl (C=O) groups is 1. The minimum atomic E-state index is 0. The van der Waals surface area contributed by atoms with Crippen LogP contribution in [0.15, 0.2) is 30.6 Å². The summed E-state index contributed by atoms with van der Waals surface area (Å²) in [5.74, 6) is 0.0451. The van der Waals surface area contributed by atoms with Gasteiger partial charge in [-0.1, -0.05) is 6.07 Å². The highest BCUT2D eigenvalue weighted by molar-refractivity contribution is 5.85. The van der Waals surface area contributed by atoms with Crippen molar-refractivity contribution < 1.29 is 4.79 Å². The molecule has 0 atom stereocenters. The van der Waals surface area contributed by atoms with Crippen molar-refractivity contribution in [2.45, 2.75) is 12.8 Å². The van der Waals surface area contributed by atoms with Gasteiger partial charge in [-0.15, -0.1) is 24.8 Å². The molecule has 1 aliphatic rings. The molecule has 134 valence electrons. The van der Waals surface area contributed by atoms with Gasteiger partial charge in [0.15, 0.2) is 0 Å². The first-order valence-electron chi connectivity index (χ1n) is 7.94. The molecule has 0 spiro atoms. The molecule has 1 aliphatic heterocycles. The summed E-state index contributed by atoms with van der Waals surface area (Å²) in [6.07, 6.45) is 5.19. The van der Waals surface area contributed by atoms with Gasteiger partial charge in [-0.05, 0) is 25.1 Å². The first-order valence-corrected chi connectivity index (χ1v) is 7.94. The summed E-state index contributed by atoms with van der Waals surface area (Å²) in [6, 6.07) is 5.84. The zero-order valence-electron chi connectivity index (χ0n) is 13.6. The van der Waals surface area contributed by atoms with Crippen LogP contribution in [0.4, 0.5) is 0 Å². The molecule has 1 saturated heterocycles. The second kappa shape index (κ2) is 10.5. The summed E-state index contributed by atoms with van der Waals surface area (Å²) < 4.78 is 1.94. The number of amides is 1. The van der Waals surface area contributed by atoms with Gasteiger partial charge in [-0.3, -0.25) is 4.79 Å². The van der Waals surface area contributed by atoms with Crippen LogP contribution in [0.1, 0.15) is 12.1 Å². The van der Waals surface area contributed by atoms with Crippen LogP contribution in [0, 0.1) is 0 Å². The summed E-state index contributed by atoms with van der Waals surface area (Å²) in [5.41, 5.74) is 1.69. The van der Waals surface area contributed by atoms with E-state index >= 15 is 0 Å². The van der Waals surface area contributed by atoms with Gasteiger partial charge in [0, 0.05) is 45.1 Å². The third-order valence-electron chi connectivity index (χ3n) is 3.94. The van der Waals surface area contributed by atoms with Crippen LogP contribution >= 0.6 is 24.8 Å². The number of piperazine rings is 1. The minimum absolute atomic E-state index is 0. The van der Waals surface area contributed by atoms with Crippen LogP contribution in [-0.2, 0) is 11.2 Å². The molecule has 1 fully saturated rings. The van der Waals surface area contributed by atoms with E-state index in [0.717, 1.165) is 57.0 Å². The Kier molecular flexibility index (Phi) is 9.07. The van der Waals surface area contributed by atoms with Crippen molar-refractivity contribution in [1.82, 2.24) is 24.9 Å². The predicted octanol–water partition coefficient (Wildman–Crippen LogP) is 1.13. The lowest BCUT2D eigenvalue weighted by atomic mass is 10.3. The molecular weight excluding hydrogens is 349 g/mol. The molecule has 2 aromatic rings. The second-order valence-electron chi connectivity index (χ2n) is 5.67. The van der Waals surface area contributed by atoms with E-state index in [9.17, 15) is 4.79 Å². The van der Waals surface area contributed by atoms with Crippen LogP contribution in [-0.4, -0.2) is 59.5 Å². The number of pyridine rings is 1. The summed E-state index contributed by atoms with van der Waals surface area (Å²) in [5, 5.41) is 6.33. The third-order valence-corrected chi connectivity index (χ3v) is 3.94. The van der Waals surface area contributed by atoms with Crippen LogP contribution in [0.3, 0.4) is 0 Å². The van der Waals surface area contributed by atoms with Crippen molar-refractivity contribution in [3.05, 3.63) is 36.3 Å². The fourth-order valence-electron chi connectivity index (χ4n) is 2.76. The maximum absolute atomic E-state index is 12.0. The average Bonchev–Trinajstić information content (AvgIpc) is 2.94. The van der Waals surface area contributed by atoms with E-state index in [2.05, 4.69) is 20.5 Å². The minimum Gasteiger partial charge on any atom is -0.356 e. The number of rotatable bonds is 6. The van der Waals surface area contributed by atoms with Crippen molar-refractivity contribution in [3.8, 4) is 0 Å². The summed E-state index contributed by atoms with van der Waals surface area (Å²) >= 11 is 0. The maximum Gasteiger partial charge on any atom is 0.226 e. The van der Waals surface area contributed by atoms with Crippen molar-refractivity contribution in [2.24, 2.45) is 0 Å². The van der Waals surface area contributed by atoms with Gasteiger partial charge in [-0.25, -0.2) is 4.98 Å². The Morgan fingerprint density at radius 1 is 1.25 bits per heavy atom. The lowest BCUT2D eigenvalue weighted by molar-refractivity contribution is -0.120. The number of carbonyl (C=O) groups excluding carboxylic acids is 1. The molecule has 3 rings (SSSR count).